The first kappa shape index (κ1) is 13.9. The molecular formula is C13H15N3O4. The van der Waals surface area contributed by atoms with Gasteiger partial charge in [-0.3, -0.25) is 19.5 Å². The van der Waals surface area contributed by atoms with E-state index in [1.165, 1.54) is 13.3 Å². The third-order valence-corrected chi connectivity index (χ3v) is 3.18. The van der Waals surface area contributed by atoms with Gasteiger partial charge >= 0.3 is 5.97 Å². The Labute approximate surface area is 114 Å². The highest BCUT2D eigenvalue weighted by atomic mass is 16.5. The molecule has 0 saturated heterocycles. The van der Waals surface area contributed by atoms with Crippen molar-refractivity contribution < 1.29 is 9.53 Å². The Morgan fingerprint density at radius 2 is 2.05 bits per heavy atom. The van der Waals surface area contributed by atoms with Crippen LogP contribution in [0.15, 0.2) is 27.9 Å². The zero-order valence-corrected chi connectivity index (χ0v) is 11.1. The van der Waals surface area contributed by atoms with E-state index in [1.54, 1.807) is 19.1 Å². The van der Waals surface area contributed by atoms with Crippen LogP contribution in [0.5, 0.6) is 0 Å². The highest BCUT2D eigenvalue weighted by Crippen LogP contribution is 2.25. The van der Waals surface area contributed by atoms with Crippen LogP contribution in [0.4, 0.5) is 0 Å². The van der Waals surface area contributed by atoms with Gasteiger partial charge in [0.15, 0.2) is 0 Å². The van der Waals surface area contributed by atoms with Gasteiger partial charge in [-0.25, -0.2) is 0 Å². The summed E-state index contributed by atoms with van der Waals surface area (Å²) in [5, 5.41) is 5.15. The minimum Gasteiger partial charge on any atom is -0.469 e. The van der Waals surface area contributed by atoms with Crippen molar-refractivity contribution in [3.05, 3.63) is 55.9 Å². The SMILES string of the molecule is COC(=O)CC(c1ccc[nH]c1=O)c1c(C)[nH][nH]c1=O. The maximum absolute atomic E-state index is 11.9. The van der Waals surface area contributed by atoms with E-state index in [-0.39, 0.29) is 17.5 Å². The number of esters is 1. The Hall–Kier alpha value is -2.57. The predicted molar refractivity (Wildman–Crippen MR) is 71.7 cm³/mol. The van der Waals surface area contributed by atoms with Crippen molar-refractivity contribution in [2.24, 2.45) is 0 Å². The van der Waals surface area contributed by atoms with Crippen molar-refractivity contribution in [1.29, 1.82) is 0 Å². The molecule has 0 amide bonds. The Kier molecular flexibility index (Phi) is 3.88. The van der Waals surface area contributed by atoms with Gasteiger partial charge in [-0.1, -0.05) is 6.07 Å². The molecule has 7 heteroatoms. The van der Waals surface area contributed by atoms with Crippen LogP contribution in [0.3, 0.4) is 0 Å². The standard InChI is InChI=1S/C13H15N3O4/c1-7-11(13(19)16-15-7)9(6-10(17)20-2)8-4-3-5-14-12(8)18/h3-5,9H,6H2,1-2H3,(H,14,18)(H2,15,16,19). The van der Waals surface area contributed by atoms with Crippen molar-refractivity contribution in [2.45, 2.75) is 19.3 Å². The van der Waals surface area contributed by atoms with Crippen molar-refractivity contribution in [3.8, 4) is 0 Å². The summed E-state index contributed by atoms with van der Waals surface area (Å²) < 4.78 is 4.65. The lowest BCUT2D eigenvalue weighted by Crippen LogP contribution is -2.23. The molecule has 2 aromatic rings. The van der Waals surface area contributed by atoms with Crippen molar-refractivity contribution in [2.75, 3.05) is 7.11 Å². The average Bonchev–Trinajstić information content (AvgIpc) is 2.76. The molecule has 106 valence electrons. The van der Waals surface area contributed by atoms with Gasteiger partial charge in [-0.15, -0.1) is 0 Å². The van der Waals surface area contributed by atoms with Gasteiger partial charge in [-0.05, 0) is 13.0 Å². The summed E-state index contributed by atoms with van der Waals surface area (Å²) in [4.78, 5) is 37.9. The summed E-state index contributed by atoms with van der Waals surface area (Å²) in [5.41, 5.74) is 0.631. The van der Waals surface area contributed by atoms with E-state index in [4.69, 9.17) is 0 Å². The Bertz CT molecular complexity index is 725. The highest BCUT2D eigenvalue weighted by molar-refractivity contribution is 5.71. The van der Waals surface area contributed by atoms with Gasteiger partial charge < -0.3 is 14.8 Å². The molecule has 0 aliphatic heterocycles. The summed E-state index contributed by atoms with van der Waals surface area (Å²) in [7, 11) is 1.27. The predicted octanol–water partition coefficient (Wildman–Crippen LogP) is 0.395. The molecule has 3 N–H and O–H groups in total. The fraction of sp³-hybridized carbons (Fsp3) is 0.308. The number of rotatable bonds is 4. The molecule has 2 aromatic heterocycles. The summed E-state index contributed by atoms with van der Waals surface area (Å²) in [6, 6.07) is 3.25. The van der Waals surface area contributed by atoms with Crippen LogP contribution in [0.25, 0.3) is 0 Å². The Morgan fingerprint density at radius 1 is 1.30 bits per heavy atom. The van der Waals surface area contributed by atoms with Crippen molar-refractivity contribution in [1.82, 2.24) is 15.2 Å². The largest absolute Gasteiger partial charge is 0.469 e. The lowest BCUT2D eigenvalue weighted by molar-refractivity contribution is -0.140. The van der Waals surface area contributed by atoms with Crippen LogP contribution >= 0.6 is 0 Å². The van der Waals surface area contributed by atoms with Crippen molar-refractivity contribution in [3.63, 3.8) is 0 Å². The van der Waals surface area contributed by atoms with Crippen LogP contribution < -0.4 is 11.1 Å². The van der Waals surface area contributed by atoms with Crippen LogP contribution in [0.1, 0.15) is 29.2 Å². The van der Waals surface area contributed by atoms with Gasteiger partial charge in [0.25, 0.3) is 11.1 Å². The molecule has 0 bridgehead atoms. The van der Waals surface area contributed by atoms with E-state index in [1.807, 2.05) is 0 Å². The normalized spacial score (nSPS) is 12.1. The highest BCUT2D eigenvalue weighted by Gasteiger charge is 2.26. The van der Waals surface area contributed by atoms with Crippen LogP contribution in [-0.4, -0.2) is 28.3 Å². The second-order valence-corrected chi connectivity index (χ2v) is 4.41. The van der Waals surface area contributed by atoms with Crippen LogP contribution in [-0.2, 0) is 9.53 Å². The average molecular weight is 277 g/mol. The molecule has 0 saturated carbocycles. The smallest absolute Gasteiger partial charge is 0.306 e. The zero-order chi connectivity index (χ0) is 14.7. The molecule has 1 unspecified atom stereocenters. The second kappa shape index (κ2) is 5.60. The molecular weight excluding hydrogens is 262 g/mol. The molecule has 0 spiro atoms. The molecule has 2 heterocycles. The number of aromatic amines is 3. The molecule has 2 rings (SSSR count). The molecule has 0 fully saturated rings. The molecule has 0 aromatic carbocycles. The number of ether oxygens (including phenoxy) is 1. The summed E-state index contributed by atoms with van der Waals surface area (Å²) in [6.45, 7) is 1.70. The number of H-pyrrole nitrogens is 3. The van der Waals surface area contributed by atoms with E-state index in [0.717, 1.165) is 0 Å². The number of aromatic nitrogens is 3. The fourth-order valence-corrected chi connectivity index (χ4v) is 2.20. The zero-order valence-electron chi connectivity index (χ0n) is 11.1. The number of carbonyl (C=O) groups is 1. The number of nitrogens with one attached hydrogen (secondary N) is 3. The number of methoxy groups -OCH3 is 1. The molecule has 7 nitrogen and oxygen atoms in total. The minimum atomic E-state index is -0.651. The minimum absolute atomic E-state index is 0.0780. The number of pyridine rings is 1. The van der Waals surface area contributed by atoms with Crippen LogP contribution in [0, 0.1) is 6.92 Å². The summed E-state index contributed by atoms with van der Waals surface area (Å²) in [6.07, 6.45) is 1.42. The van der Waals surface area contributed by atoms with E-state index in [0.29, 0.717) is 16.8 Å². The number of aryl methyl sites for hydroxylation is 1. The van der Waals surface area contributed by atoms with E-state index in [9.17, 15) is 14.4 Å². The summed E-state index contributed by atoms with van der Waals surface area (Å²) in [5.74, 6) is -1.14. The number of carbonyl (C=O) groups excluding carboxylic acids is 1. The molecule has 0 aliphatic carbocycles. The van der Waals surface area contributed by atoms with Gasteiger partial charge in [-0.2, -0.15) is 0 Å². The quantitative estimate of drug-likeness (QED) is 0.703. The van der Waals surface area contributed by atoms with E-state index in [2.05, 4.69) is 19.9 Å². The summed E-state index contributed by atoms with van der Waals surface area (Å²) >= 11 is 0. The van der Waals surface area contributed by atoms with Gasteiger partial charge in [0.2, 0.25) is 0 Å². The second-order valence-electron chi connectivity index (χ2n) is 4.41. The lowest BCUT2D eigenvalue weighted by Gasteiger charge is -2.14. The van der Waals surface area contributed by atoms with Gasteiger partial charge in [0.1, 0.15) is 0 Å². The first-order valence-electron chi connectivity index (χ1n) is 6.06. The third kappa shape index (κ3) is 2.56. The maximum atomic E-state index is 11.9. The molecule has 0 aliphatic rings. The lowest BCUT2D eigenvalue weighted by atomic mass is 9.89. The van der Waals surface area contributed by atoms with E-state index >= 15 is 0 Å². The first-order chi connectivity index (χ1) is 9.54. The van der Waals surface area contributed by atoms with Gasteiger partial charge in [0, 0.05) is 28.9 Å². The molecule has 1 atom stereocenters. The van der Waals surface area contributed by atoms with Gasteiger partial charge in [0.05, 0.1) is 13.5 Å². The van der Waals surface area contributed by atoms with Crippen molar-refractivity contribution >= 4 is 5.97 Å². The number of hydrogen-bond donors (Lipinski definition) is 3. The third-order valence-electron chi connectivity index (χ3n) is 3.18. The Balaban J connectivity index is 2.57. The topological polar surface area (TPSA) is 108 Å². The Morgan fingerprint density at radius 3 is 2.60 bits per heavy atom. The first-order valence-corrected chi connectivity index (χ1v) is 6.06. The monoisotopic (exact) mass is 277 g/mol. The van der Waals surface area contributed by atoms with E-state index < -0.39 is 11.9 Å². The molecule has 20 heavy (non-hydrogen) atoms. The number of hydrogen-bond acceptors (Lipinski definition) is 4. The van der Waals surface area contributed by atoms with Crippen LogP contribution in [0.2, 0.25) is 0 Å². The fourth-order valence-electron chi connectivity index (χ4n) is 2.20. The molecule has 0 radical (unpaired) electrons. The maximum Gasteiger partial charge on any atom is 0.306 e.